The zero-order valence-corrected chi connectivity index (χ0v) is 19.4. The topological polar surface area (TPSA) is 40.5 Å². The molecule has 5 nitrogen and oxygen atoms in total. The number of likely N-dealkylation sites (tertiary alicyclic amines) is 1. The first kappa shape index (κ1) is 21.1. The largest absolute Gasteiger partial charge is 0.336 e. The van der Waals surface area contributed by atoms with E-state index in [9.17, 15) is 4.79 Å². The molecule has 1 aliphatic carbocycles. The van der Waals surface area contributed by atoms with Crippen molar-refractivity contribution in [2.75, 3.05) is 39.3 Å². The summed E-state index contributed by atoms with van der Waals surface area (Å²) in [5, 5.41) is 4.29. The smallest absolute Gasteiger partial charge is 0.317 e. The number of aromatic nitrogens is 1. The molecule has 2 aliphatic heterocycles. The number of nitrogens with zero attached hydrogens (tertiary/aromatic N) is 3. The van der Waals surface area contributed by atoms with E-state index >= 15 is 0 Å². The Hall–Kier alpha value is -2.79. The van der Waals surface area contributed by atoms with E-state index in [0.29, 0.717) is 5.92 Å². The van der Waals surface area contributed by atoms with Crippen LogP contribution in [-0.2, 0) is 0 Å². The monoisotopic (exact) mass is 430 g/mol. The van der Waals surface area contributed by atoms with Crippen molar-refractivity contribution in [2.45, 2.75) is 39.0 Å². The Labute approximate surface area is 191 Å². The number of allylic oxidation sites excluding steroid dienone is 5. The summed E-state index contributed by atoms with van der Waals surface area (Å²) >= 11 is 0. The van der Waals surface area contributed by atoms with Gasteiger partial charge in [-0.3, -0.25) is 0 Å². The van der Waals surface area contributed by atoms with Crippen LogP contribution in [0.25, 0.3) is 16.6 Å². The van der Waals surface area contributed by atoms with Crippen molar-refractivity contribution in [2.24, 2.45) is 0 Å². The predicted octanol–water partition coefficient (Wildman–Crippen LogP) is 4.90. The third-order valence-electron chi connectivity index (χ3n) is 7.44. The van der Waals surface area contributed by atoms with Crippen LogP contribution >= 0.6 is 0 Å². The molecule has 2 saturated heterocycles. The Kier molecular flexibility index (Phi) is 5.68. The molecule has 1 aromatic heterocycles. The molecule has 1 N–H and O–H groups in total. The molecule has 1 aromatic carbocycles. The summed E-state index contributed by atoms with van der Waals surface area (Å²) in [5.74, 6) is 0.580. The normalized spacial score (nSPS) is 20.6. The van der Waals surface area contributed by atoms with Crippen LogP contribution in [0, 0.1) is 6.92 Å². The number of fused-ring (bicyclic) bond motifs is 1. The first-order chi connectivity index (χ1) is 15.5. The summed E-state index contributed by atoms with van der Waals surface area (Å²) in [6.45, 7) is 14.2. The molecule has 2 amide bonds. The lowest BCUT2D eigenvalue weighted by Crippen LogP contribution is -2.40. The Bertz CT molecular complexity index is 1110. The number of nitrogens with one attached hydrogen (secondary N) is 1. The van der Waals surface area contributed by atoms with Gasteiger partial charge in [0.05, 0.1) is 5.52 Å². The average Bonchev–Trinajstić information content (AvgIpc) is 3.37. The number of carbonyl (C=O) groups excluding carboxylic acids is 1. The quantitative estimate of drug-likeness (QED) is 0.733. The maximum atomic E-state index is 11.8. The van der Waals surface area contributed by atoms with Gasteiger partial charge in [0.2, 0.25) is 0 Å². The van der Waals surface area contributed by atoms with E-state index < -0.39 is 0 Å². The Morgan fingerprint density at radius 3 is 2.62 bits per heavy atom. The molecule has 0 atom stereocenters. The number of hydrogen-bond donors (Lipinski definition) is 1. The fourth-order valence-electron chi connectivity index (χ4n) is 5.31. The molecule has 168 valence electrons. The Morgan fingerprint density at radius 2 is 1.91 bits per heavy atom. The van der Waals surface area contributed by atoms with Gasteiger partial charge in [0.1, 0.15) is 0 Å². The van der Waals surface area contributed by atoms with Crippen molar-refractivity contribution in [3.05, 3.63) is 65.4 Å². The Morgan fingerprint density at radius 1 is 1.09 bits per heavy atom. The zero-order valence-electron chi connectivity index (χ0n) is 19.4. The summed E-state index contributed by atoms with van der Waals surface area (Å²) in [6, 6.07) is 6.95. The number of carbonyl (C=O) groups is 1. The van der Waals surface area contributed by atoms with Gasteiger partial charge in [-0.15, -0.1) is 0 Å². The molecule has 0 radical (unpaired) electrons. The summed E-state index contributed by atoms with van der Waals surface area (Å²) < 4.78 is 2.40. The molecule has 0 unspecified atom stereocenters. The second kappa shape index (κ2) is 8.62. The number of urea groups is 1. The summed E-state index contributed by atoms with van der Waals surface area (Å²) in [7, 11) is 0. The molecule has 3 aliphatic rings. The summed E-state index contributed by atoms with van der Waals surface area (Å²) in [4.78, 5) is 16.2. The van der Waals surface area contributed by atoms with Crippen LogP contribution in [0.4, 0.5) is 4.79 Å². The van der Waals surface area contributed by atoms with Gasteiger partial charge in [-0.2, -0.15) is 0 Å². The molecule has 2 fully saturated rings. The van der Waals surface area contributed by atoms with Crippen molar-refractivity contribution in [1.29, 1.82) is 0 Å². The van der Waals surface area contributed by atoms with Crippen LogP contribution in [0.1, 0.15) is 43.2 Å². The van der Waals surface area contributed by atoms with Gasteiger partial charge >= 0.3 is 6.03 Å². The summed E-state index contributed by atoms with van der Waals surface area (Å²) in [6.07, 6.45) is 10.1. The first-order valence-electron chi connectivity index (χ1n) is 11.9. The maximum absolute atomic E-state index is 11.8. The predicted molar refractivity (Wildman–Crippen MR) is 132 cm³/mol. The van der Waals surface area contributed by atoms with Crippen LogP contribution in [-0.4, -0.2) is 59.7 Å². The van der Waals surface area contributed by atoms with E-state index in [1.165, 1.54) is 51.7 Å². The van der Waals surface area contributed by atoms with Gasteiger partial charge in [-0.05, 0) is 80.6 Å². The molecule has 32 heavy (non-hydrogen) atoms. The fourth-order valence-corrected chi connectivity index (χ4v) is 5.31. The Balaban J connectivity index is 1.34. The van der Waals surface area contributed by atoms with Crippen molar-refractivity contribution in [1.82, 2.24) is 19.7 Å². The third kappa shape index (κ3) is 4.02. The lowest BCUT2D eigenvalue weighted by atomic mass is 9.89. The second-order valence-corrected chi connectivity index (χ2v) is 9.60. The van der Waals surface area contributed by atoms with Gasteiger partial charge in [0.25, 0.3) is 0 Å². The lowest BCUT2D eigenvalue weighted by molar-refractivity contribution is 0.181. The molecule has 0 spiro atoms. The zero-order chi connectivity index (χ0) is 22.2. The number of amides is 2. The molecule has 0 bridgehead atoms. The van der Waals surface area contributed by atoms with Crippen LogP contribution in [0.3, 0.4) is 0 Å². The molecule has 0 saturated carbocycles. The number of piperidine rings is 1. The van der Waals surface area contributed by atoms with Gasteiger partial charge in [-0.25, -0.2) is 4.79 Å². The van der Waals surface area contributed by atoms with Gasteiger partial charge in [0, 0.05) is 49.9 Å². The van der Waals surface area contributed by atoms with Gasteiger partial charge in [-0.1, -0.05) is 24.3 Å². The van der Waals surface area contributed by atoms with E-state index in [4.69, 9.17) is 0 Å². The molecule has 2 aromatic rings. The number of rotatable bonds is 5. The third-order valence-corrected chi connectivity index (χ3v) is 7.44. The van der Waals surface area contributed by atoms with E-state index in [2.05, 4.69) is 71.8 Å². The van der Waals surface area contributed by atoms with E-state index in [0.717, 1.165) is 45.7 Å². The van der Waals surface area contributed by atoms with Crippen LogP contribution < -0.4 is 5.32 Å². The molecular formula is C27H34N4O. The average molecular weight is 431 g/mol. The van der Waals surface area contributed by atoms with Crippen LogP contribution in [0.15, 0.2) is 54.3 Å². The molecule has 3 heterocycles. The van der Waals surface area contributed by atoms with E-state index in [-0.39, 0.29) is 6.03 Å². The maximum Gasteiger partial charge on any atom is 0.317 e. The second-order valence-electron chi connectivity index (χ2n) is 9.60. The summed E-state index contributed by atoms with van der Waals surface area (Å²) in [5.41, 5.74) is 7.90. The minimum atomic E-state index is 0.0906. The van der Waals surface area contributed by atoms with Crippen LogP contribution in [0.2, 0.25) is 0 Å². The SMILES string of the molecule is C=C1CC(n2cc(C3CCN(CCN4CCNC4=O)CC3)c3cc(C)ccc32)=CC=C1C. The van der Waals surface area contributed by atoms with E-state index in [1.807, 2.05) is 4.90 Å². The van der Waals surface area contributed by atoms with Crippen molar-refractivity contribution < 1.29 is 4.79 Å². The lowest BCUT2D eigenvalue weighted by Gasteiger charge is -2.32. The molecule has 5 heteroatoms. The van der Waals surface area contributed by atoms with E-state index in [1.54, 1.807) is 0 Å². The number of benzene rings is 1. The highest BCUT2D eigenvalue weighted by Gasteiger charge is 2.26. The minimum absolute atomic E-state index is 0.0906. The highest BCUT2D eigenvalue weighted by Crippen LogP contribution is 2.38. The van der Waals surface area contributed by atoms with Crippen molar-refractivity contribution in [3.63, 3.8) is 0 Å². The molecular weight excluding hydrogens is 396 g/mol. The highest BCUT2D eigenvalue weighted by molar-refractivity contribution is 5.88. The van der Waals surface area contributed by atoms with Crippen LogP contribution in [0.5, 0.6) is 0 Å². The van der Waals surface area contributed by atoms with Gasteiger partial charge in [0.15, 0.2) is 0 Å². The molecule has 5 rings (SSSR count). The number of aryl methyl sites for hydroxylation is 1. The number of hydrogen-bond acceptors (Lipinski definition) is 2. The minimum Gasteiger partial charge on any atom is -0.336 e. The van der Waals surface area contributed by atoms with Crippen molar-refractivity contribution >= 4 is 22.6 Å². The van der Waals surface area contributed by atoms with Gasteiger partial charge < -0.3 is 19.7 Å². The standard InChI is InChI=1S/C27H34N4O/c1-19-4-7-26-24(16-19)25(18-31(26)23-6-5-20(2)21(3)17-23)22-8-11-29(12-9-22)14-15-30-13-10-28-27(30)32/h4-7,16,18,22H,3,8-15,17H2,1-2H3,(H,28,32). The van der Waals surface area contributed by atoms with Crippen molar-refractivity contribution in [3.8, 4) is 0 Å². The highest BCUT2D eigenvalue weighted by atomic mass is 16.2. The first-order valence-corrected chi connectivity index (χ1v) is 11.9. The fraction of sp³-hybridized carbons (Fsp3) is 0.444.